The summed E-state index contributed by atoms with van der Waals surface area (Å²) in [6, 6.07) is 14.7. The van der Waals surface area contributed by atoms with Gasteiger partial charge >= 0.3 is 0 Å². The van der Waals surface area contributed by atoms with Crippen LogP contribution < -0.4 is 5.32 Å². The maximum atomic E-state index is 9.45. The van der Waals surface area contributed by atoms with Crippen LogP contribution in [0.25, 0.3) is 10.9 Å². The summed E-state index contributed by atoms with van der Waals surface area (Å²) in [6.45, 7) is 0.549. The molecule has 0 aliphatic heterocycles. The number of rotatable bonds is 3. The first kappa shape index (κ1) is 12.3. The molecule has 20 heavy (non-hydrogen) atoms. The topological polar surface area (TPSA) is 65.4 Å². The first-order valence-electron chi connectivity index (χ1n) is 6.32. The van der Waals surface area contributed by atoms with Crippen LogP contribution in [-0.4, -0.2) is 15.2 Å². The molecule has 0 aliphatic carbocycles. The second kappa shape index (κ2) is 5.09. The van der Waals surface area contributed by atoms with Gasteiger partial charge in [-0.25, -0.2) is 0 Å². The minimum atomic E-state index is -0.110. The van der Waals surface area contributed by atoms with Crippen molar-refractivity contribution < 1.29 is 10.2 Å². The predicted octanol–water partition coefficient (Wildman–Crippen LogP) is 3.26. The van der Waals surface area contributed by atoms with E-state index in [4.69, 9.17) is 0 Å². The second-order valence-electron chi connectivity index (χ2n) is 4.59. The molecular weight excluding hydrogens is 252 g/mol. The van der Waals surface area contributed by atoms with Crippen molar-refractivity contribution in [2.75, 3.05) is 5.32 Å². The molecule has 4 heteroatoms. The van der Waals surface area contributed by atoms with Crippen molar-refractivity contribution in [2.45, 2.75) is 6.54 Å². The van der Waals surface area contributed by atoms with Crippen LogP contribution in [0.1, 0.15) is 5.56 Å². The van der Waals surface area contributed by atoms with Gasteiger partial charge in [-0.2, -0.15) is 0 Å². The van der Waals surface area contributed by atoms with Crippen LogP contribution in [0, 0.1) is 0 Å². The number of benzene rings is 2. The van der Waals surface area contributed by atoms with Crippen LogP contribution >= 0.6 is 0 Å². The van der Waals surface area contributed by atoms with Crippen molar-refractivity contribution in [2.24, 2.45) is 0 Å². The fourth-order valence-electron chi connectivity index (χ4n) is 2.05. The first-order valence-corrected chi connectivity index (χ1v) is 6.32. The monoisotopic (exact) mass is 266 g/mol. The smallest absolute Gasteiger partial charge is 0.157 e. The van der Waals surface area contributed by atoms with E-state index < -0.39 is 0 Å². The number of nitrogens with zero attached hydrogens (tertiary/aromatic N) is 1. The predicted molar refractivity (Wildman–Crippen MR) is 78.8 cm³/mol. The molecule has 4 nitrogen and oxygen atoms in total. The summed E-state index contributed by atoms with van der Waals surface area (Å²) in [5, 5.41) is 23.0. The van der Waals surface area contributed by atoms with Crippen LogP contribution in [0.15, 0.2) is 54.7 Å². The molecule has 2 aromatic carbocycles. The molecule has 0 fully saturated rings. The Morgan fingerprint density at radius 2 is 1.80 bits per heavy atom. The van der Waals surface area contributed by atoms with Gasteiger partial charge in [0.15, 0.2) is 11.5 Å². The summed E-state index contributed by atoms with van der Waals surface area (Å²) in [7, 11) is 0. The van der Waals surface area contributed by atoms with E-state index in [0.717, 1.165) is 22.2 Å². The molecule has 0 aliphatic rings. The van der Waals surface area contributed by atoms with E-state index in [2.05, 4.69) is 10.3 Å². The molecule has 3 N–H and O–H groups in total. The minimum Gasteiger partial charge on any atom is -0.504 e. The molecule has 1 heterocycles. The average molecular weight is 266 g/mol. The van der Waals surface area contributed by atoms with Gasteiger partial charge in [-0.15, -0.1) is 0 Å². The maximum Gasteiger partial charge on any atom is 0.157 e. The molecule has 1 aromatic heterocycles. The van der Waals surface area contributed by atoms with Crippen LogP contribution in [0.2, 0.25) is 0 Å². The van der Waals surface area contributed by atoms with Crippen molar-refractivity contribution in [1.82, 2.24) is 4.98 Å². The Bertz CT molecular complexity index is 756. The highest BCUT2D eigenvalue weighted by Gasteiger charge is 2.01. The van der Waals surface area contributed by atoms with Gasteiger partial charge in [0.25, 0.3) is 0 Å². The van der Waals surface area contributed by atoms with Gasteiger partial charge in [-0.05, 0) is 29.8 Å². The van der Waals surface area contributed by atoms with Crippen molar-refractivity contribution >= 4 is 16.6 Å². The Morgan fingerprint density at radius 3 is 2.65 bits per heavy atom. The van der Waals surface area contributed by atoms with Crippen molar-refractivity contribution in [1.29, 1.82) is 0 Å². The average Bonchev–Trinajstić information content (AvgIpc) is 2.48. The molecule has 0 saturated heterocycles. The van der Waals surface area contributed by atoms with E-state index in [1.54, 1.807) is 12.3 Å². The number of hydrogen-bond donors (Lipinski definition) is 3. The molecule has 100 valence electrons. The van der Waals surface area contributed by atoms with Gasteiger partial charge in [-0.1, -0.05) is 24.3 Å². The normalized spacial score (nSPS) is 10.6. The SMILES string of the molecule is Oc1ccc(CNc2cnc3ccccc3c2)cc1O. The molecule has 0 atom stereocenters. The Labute approximate surface area is 116 Å². The lowest BCUT2D eigenvalue weighted by atomic mass is 10.2. The molecular formula is C16H14N2O2. The number of nitrogens with one attached hydrogen (secondary N) is 1. The minimum absolute atomic E-state index is 0.110. The van der Waals surface area contributed by atoms with Gasteiger partial charge in [0.2, 0.25) is 0 Å². The third-order valence-corrected chi connectivity index (χ3v) is 3.13. The van der Waals surface area contributed by atoms with Crippen molar-refractivity contribution in [3.63, 3.8) is 0 Å². The highest BCUT2D eigenvalue weighted by molar-refractivity contribution is 5.81. The number of pyridine rings is 1. The number of anilines is 1. The Kier molecular flexibility index (Phi) is 3.13. The van der Waals surface area contributed by atoms with E-state index in [1.807, 2.05) is 30.3 Å². The number of fused-ring (bicyclic) bond motifs is 1. The molecule has 0 amide bonds. The molecule has 3 aromatic rings. The van der Waals surface area contributed by atoms with E-state index in [1.165, 1.54) is 12.1 Å². The van der Waals surface area contributed by atoms with Gasteiger partial charge in [-0.3, -0.25) is 4.98 Å². The lowest BCUT2D eigenvalue weighted by molar-refractivity contribution is 0.403. The third kappa shape index (κ3) is 2.49. The molecule has 0 spiro atoms. The lowest BCUT2D eigenvalue weighted by Gasteiger charge is -2.08. The van der Waals surface area contributed by atoms with E-state index >= 15 is 0 Å². The summed E-state index contributed by atoms with van der Waals surface area (Å²) in [5.41, 5.74) is 2.75. The molecule has 0 bridgehead atoms. The largest absolute Gasteiger partial charge is 0.504 e. The Hall–Kier alpha value is -2.75. The summed E-state index contributed by atoms with van der Waals surface area (Å²) in [6.07, 6.45) is 1.78. The number of aromatic nitrogens is 1. The lowest BCUT2D eigenvalue weighted by Crippen LogP contribution is -1.99. The quantitative estimate of drug-likeness (QED) is 0.637. The zero-order valence-electron chi connectivity index (χ0n) is 10.7. The number of aromatic hydroxyl groups is 2. The second-order valence-corrected chi connectivity index (χ2v) is 4.59. The zero-order chi connectivity index (χ0) is 13.9. The van der Waals surface area contributed by atoms with E-state index in [0.29, 0.717) is 6.54 Å². The highest BCUT2D eigenvalue weighted by Crippen LogP contribution is 2.25. The Balaban J connectivity index is 1.77. The Morgan fingerprint density at radius 1 is 0.950 bits per heavy atom. The van der Waals surface area contributed by atoms with E-state index in [-0.39, 0.29) is 11.5 Å². The van der Waals surface area contributed by atoms with Crippen LogP contribution in [-0.2, 0) is 6.54 Å². The molecule has 0 radical (unpaired) electrons. The van der Waals surface area contributed by atoms with Crippen LogP contribution in [0.4, 0.5) is 5.69 Å². The standard InChI is InChI=1S/C16H14N2O2/c19-15-6-5-11(7-16(15)20)9-17-13-8-12-3-1-2-4-14(12)18-10-13/h1-8,10,17,19-20H,9H2. The van der Waals surface area contributed by atoms with Crippen LogP contribution in [0.5, 0.6) is 11.5 Å². The number of phenols is 2. The number of hydrogen-bond acceptors (Lipinski definition) is 4. The summed E-state index contributed by atoms with van der Waals surface area (Å²) >= 11 is 0. The van der Waals surface area contributed by atoms with Gasteiger partial charge < -0.3 is 15.5 Å². The highest BCUT2D eigenvalue weighted by atomic mass is 16.3. The maximum absolute atomic E-state index is 9.45. The summed E-state index contributed by atoms with van der Waals surface area (Å²) < 4.78 is 0. The van der Waals surface area contributed by atoms with Crippen molar-refractivity contribution in [3.05, 3.63) is 60.3 Å². The van der Waals surface area contributed by atoms with E-state index in [9.17, 15) is 10.2 Å². The zero-order valence-corrected chi connectivity index (χ0v) is 10.7. The molecule has 0 unspecified atom stereocenters. The molecule has 3 rings (SSSR count). The fraction of sp³-hybridized carbons (Fsp3) is 0.0625. The third-order valence-electron chi connectivity index (χ3n) is 3.13. The number of para-hydroxylation sites is 1. The molecule has 0 saturated carbocycles. The van der Waals surface area contributed by atoms with Crippen molar-refractivity contribution in [3.8, 4) is 11.5 Å². The fourth-order valence-corrected chi connectivity index (χ4v) is 2.05. The first-order chi connectivity index (χ1) is 9.72. The summed E-state index contributed by atoms with van der Waals surface area (Å²) in [4.78, 5) is 4.37. The van der Waals surface area contributed by atoms with Gasteiger partial charge in [0, 0.05) is 11.9 Å². The summed E-state index contributed by atoms with van der Waals surface area (Å²) in [5.74, 6) is -0.220. The van der Waals surface area contributed by atoms with Crippen LogP contribution in [0.3, 0.4) is 0 Å². The van der Waals surface area contributed by atoms with Gasteiger partial charge in [0.1, 0.15) is 0 Å². The van der Waals surface area contributed by atoms with Gasteiger partial charge in [0.05, 0.1) is 17.4 Å². The number of phenolic OH excluding ortho intramolecular Hbond substituents is 2.